The molecule has 0 radical (unpaired) electrons. The highest BCUT2D eigenvalue weighted by molar-refractivity contribution is 6.29. The highest BCUT2D eigenvalue weighted by Crippen LogP contribution is 2.17. The van der Waals surface area contributed by atoms with Gasteiger partial charge in [-0.3, -0.25) is 4.99 Å². The van der Waals surface area contributed by atoms with Crippen molar-refractivity contribution in [3.05, 3.63) is 29.0 Å². The maximum Gasteiger partial charge on any atom is 0.129 e. The molecule has 1 aromatic rings. The van der Waals surface area contributed by atoms with Crippen LogP contribution in [0.4, 0.5) is 0 Å². The zero-order valence-electron chi connectivity index (χ0n) is 9.63. The molecule has 0 aromatic carbocycles. The Morgan fingerprint density at radius 3 is 2.81 bits per heavy atom. The molecule has 0 bridgehead atoms. The quantitative estimate of drug-likeness (QED) is 0.802. The second-order valence-corrected chi connectivity index (χ2v) is 5.33. The summed E-state index contributed by atoms with van der Waals surface area (Å²) in [6, 6.07) is 3.80. The first-order chi connectivity index (χ1) is 7.55. The number of nitrogens with one attached hydrogen (secondary N) is 1. The van der Waals surface area contributed by atoms with Crippen LogP contribution in [0.3, 0.4) is 0 Å². The monoisotopic (exact) mass is 237 g/mol. The van der Waals surface area contributed by atoms with Gasteiger partial charge in [-0.25, -0.2) is 4.98 Å². The molecule has 0 saturated carbocycles. The Balaban J connectivity index is 2.01. The summed E-state index contributed by atoms with van der Waals surface area (Å²) in [6.07, 6.45) is 2.60. The van der Waals surface area contributed by atoms with Crippen molar-refractivity contribution in [1.29, 1.82) is 0 Å². The van der Waals surface area contributed by atoms with E-state index in [4.69, 9.17) is 11.6 Å². The van der Waals surface area contributed by atoms with Crippen LogP contribution >= 0.6 is 11.6 Å². The van der Waals surface area contributed by atoms with Gasteiger partial charge in [-0.2, -0.15) is 0 Å². The van der Waals surface area contributed by atoms with Crippen LogP contribution in [0.1, 0.15) is 19.4 Å². The molecular formula is C12H16ClN3. The van der Waals surface area contributed by atoms with E-state index < -0.39 is 0 Å². The fourth-order valence-electron chi connectivity index (χ4n) is 1.59. The molecule has 0 saturated heterocycles. The molecule has 86 valence electrons. The molecule has 0 aliphatic carbocycles. The number of halogens is 1. The van der Waals surface area contributed by atoms with E-state index >= 15 is 0 Å². The van der Waals surface area contributed by atoms with Gasteiger partial charge in [0.1, 0.15) is 11.0 Å². The van der Waals surface area contributed by atoms with E-state index in [0.717, 1.165) is 30.9 Å². The number of amidine groups is 1. The minimum Gasteiger partial charge on any atom is -0.373 e. The standard InChI is InChI=1S/C12H16ClN3/c1-12(2)7-15-11(16-8-12)5-9-3-4-10(13)14-6-9/h3-4,6H,5,7-8H2,1-2H3,(H,15,16). The number of aromatic nitrogens is 1. The number of rotatable bonds is 2. The lowest BCUT2D eigenvalue weighted by molar-refractivity contribution is 0.360. The summed E-state index contributed by atoms with van der Waals surface area (Å²) in [5, 5.41) is 3.89. The van der Waals surface area contributed by atoms with Gasteiger partial charge in [0.25, 0.3) is 0 Å². The summed E-state index contributed by atoms with van der Waals surface area (Å²) in [5.74, 6) is 1.04. The fraction of sp³-hybridized carbons (Fsp3) is 0.500. The average Bonchev–Trinajstić information content (AvgIpc) is 2.24. The minimum atomic E-state index is 0.266. The summed E-state index contributed by atoms with van der Waals surface area (Å²) < 4.78 is 0. The van der Waals surface area contributed by atoms with Crippen LogP contribution in [0.2, 0.25) is 5.15 Å². The summed E-state index contributed by atoms with van der Waals surface area (Å²) >= 11 is 5.73. The van der Waals surface area contributed by atoms with Gasteiger partial charge in [-0.15, -0.1) is 0 Å². The summed E-state index contributed by atoms with van der Waals surface area (Å²) in [4.78, 5) is 8.60. The number of hydrogen-bond acceptors (Lipinski definition) is 3. The molecule has 16 heavy (non-hydrogen) atoms. The van der Waals surface area contributed by atoms with Crippen molar-refractivity contribution in [1.82, 2.24) is 10.3 Å². The average molecular weight is 238 g/mol. The van der Waals surface area contributed by atoms with E-state index in [1.165, 1.54) is 0 Å². The first-order valence-electron chi connectivity index (χ1n) is 5.43. The van der Waals surface area contributed by atoms with E-state index in [9.17, 15) is 0 Å². The Hall–Kier alpha value is -1.09. The van der Waals surface area contributed by atoms with Gasteiger partial charge in [-0.05, 0) is 11.6 Å². The van der Waals surface area contributed by atoms with Gasteiger partial charge < -0.3 is 5.32 Å². The first kappa shape index (κ1) is 11.4. The Morgan fingerprint density at radius 2 is 2.25 bits per heavy atom. The fourth-order valence-corrected chi connectivity index (χ4v) is 1.70. The van der Waals surface area contributed by atoms with Crippen LogP contribution in [-0.2, 0) is 6.42 Å². The zero-order valence-corrected chi connectivity index (χ0v) is 10.4. The predicted molar refractivity (Wildman–Crippen MR) is 67.0 cm³/mol. The minimum absolute atomic E-state index is 0.266. The summed E-state index contributed by atoms with van der Waals surface area (Å²) in [6.45, 7) is 6.29. The maximum absolute atomic E-state index is 5.73. The smallest absolute Gasteiger partial charge is 0.129 e. The molecule has 0 atom stereocenters. The van der Waals surface area contributed by atoms with E-state index in [2.05, 4.69) is 29.1 Å². The van der Waals surface area contributed by atoms with Crippen molar-refractivity contribution in [3.63, 3.8) is 0 Å². The summed E-state index contributed by atoms with van der Waals surface area (Å²) in [7, 11) is 0. The molecule has 2 rings (SSSR count). The molecule has 4 heteroatoms. The van der Waals surface area contributed by atoms with Gasteiger partial charge in [-0.1, -0.05) is 31.5 Å². The van der Waals surface area contributed by atoms with Crippen molar-refractivity contribution >= 4 is 17.4 Å². The molecule has 1 aromatic heterocycles. The van der Waals surface area contributed by atoms with Gasteiger partial charge in [0.05, 0.1) is 0 Å². The van der Waals surface area contributed by atoms with Crippen LogP contribution in [0.15, 0.2) is 23.3 Å². The Kier molecular flexibility index (Phi) is 3.15. The van der Waals surface area contributed by atoms with Gasteiger partial charge in [0.15, 0.2) is 0 Å². The number of aliphatic imine (C=N–C) groups is 1. The molecule has 0 amide bonds. The molecular weight excluding hydrogens is 222 g/mol. The lowest BCUT2D eigenvalue weighted by Crippen LogP contribution is -2.41. The van der Waals surface area contributed by atoms with Crippen LogP contribution in [-0.4, -0.2) is 23.9 Å². The lowest BCUT2D eigenvalue weighted by Gasteiger charge is -2.29. The SMILES string of the molecule is CC1(C)CN=C(Cc2ccc(Cl)nc2)NC1. The normalized spacial score (nSPS) is 18.8. The number of hydrogen-bond donors (Lipinski definition) is 1. The lowest BCUT2D eigenvalue weighted by atomic mass is 9.92. The van der Waals surface area contributed by atoms with Crippen LogP contribution in [0, 0.1) is 5.41 Å². The topological polar surface area (TPSA) is 37.3 Å². The van der Waals surface area contributed by atoms with Crippen molar-refractivity contribution in [2.24, 2.45) is 10.4 Å². The van der Waals surface area contributed by atoms with Gasteiger partial charge in [0, 0.05) is 31.1 Å². The summed E-state index contributed by atoms with van der Waals surface area (Å²) in [5.41, 5.74) is 1.40. The Labute approximate surface area is 101 Å². The van der Waals surface area contributed by atoms with E-state index in [-0.39, 0.29) is 5.41 Å². The third kappa shape index (κ3) is 2.95. The number of nitrogens with zero attached hydrogens (tertiary/aromatic N) is 2. The third-order valence-electron chi connectivity index (χ3n) is 2.63. The molecule has 0 spiro atoms. The molecule has 2 heterocycles. The van der Waals surface area contributed by atoms with Crippen molar-refractivity contribution in [2.45, 2.75) is 20.3 Å². The van der Waals surface area contributed by atoms with Crippen molar-refractivity contribution in [3.8, 4) is 0 Å². The predicted octanol–water partition coefficient (Wildman–Crippen LogP) is 2.31. The second-order valence-electron chi connectivity index (χ2n) is 4.95. The van der Waals surface area contributed by atoms with E-state index in [0.29, 0.717) is 5.15 Å². The molecule has 0 unspecified atom stereocenters. The molecule has 1 aliphatic rings. The molecule has 1 N–H and O–H groups in total. The largest absolute Gasteiger partial charge is 0.373 e. The van der Waals surface area contributed by atoms with Crippen LogP contribution in [0.5, 0.6) is 0 Å². The van der Waals surface area contributed by atoms with Crippen molar-refractivity contribution in [2.75, 3.05) is 13.1 Å². The second kappa shape index (κ2) is 4.42. The third-order valence-corrected chi connectivity index (χ3v) is 2.85. The van der Waals surface area contributed by atoms with Crippen molar-refractivity contribution < 1.29 is 0 Å². The highest BCUT2D eigenvalue weighted by atomic mass is 35.5. The first-order valence-corrected chi connectivity index (χ1v) is 5.81. The van der Waals surface area contributed by atoms with Gasteiger partial charge >= 0.3 is 0 Å². The molecule has 0 fully saturated rings. The molecule has 1 aliphatic heterocycles. The Morgan fingerprint density at radius 1 is 1.44 bits per heavy atom. The highest BCUT2D eigenvalue weighted by Gasteiger charge is 2.21. The van der Waals surface area contributed by atoms with Crippen LogP contribution in [0.25, 0.3) is 0 Å². The zero-order chi connectivity index (χ0) is 11.6. The van der Waals surface area contributed by atoms with Gasteiger partial charge in [0.2, 0.25) is 0 Å². The molecule has 3 nitrogen and oxygen atoms in total. The Bertz CT molecular complexity index is 395. The van der Waals surface area contributed by atoms with E-state index in [1.807, 2.05) is 12.1 Å². The number of pyridine rings is 1. The van der Waals surface area contributed by atoms with Crippen LogP contribution < -0.4 is 5.32 Å². The maximum atomic E-state index is 5.73. The van der Waals surface area contributed by atoms with E-state index in [1.54, 1.807) is 6.20 Å².